The van der Waals surface area contributed by atoms with Crippen LogP contribution in [0.1, 0.15) is 18.4 Å². The molecule has 0 N–H and O–H groups in total. The second-order valence-electron chi connectivity index (χ2n) is 6.81. The van der Waals surface area contributed by atoms with Crippen LogP contribution in [0.5, 0.6) is 0 Å². The Bertz CT molecular complexity index is 708. The van der Waals surface area contributed by atoms with Crippen molar-refractivity contribution >= 4 is 10.9 Å². The third-order valence-electron chi connectivity index (χ3n) is 5.71. The van der Waals surface area contributed by atoms with Gasteiger partial charge in [0, 0.05) is 37.2 Å². The number of aromatic nitrogens is 1. The second-order valence-corrected chi connectivity index (χ2v) is 6.81. The maximum atomic E-state index is 5.83. The minimum absolute atomic E-state index is 0.193. The first kappa shape index (κ1) is 14.9. The zero-order valence-corrected chi connectivity index (χ0v) is 13.7. The minimum Gasteiger partial charge on any atom is -0.366 e. The lowest BCUT2D eigenvalue weighted by atomic mass is 9.73. The summed E-state index contributed by atoms with van der Waals surface area (Å²) in [6.07, 6.45) is 7.82. The number of pyridine rings is 1. The molecule has 0 spiro atoms. The van der Waals surface area contributed by atoms with E-state index >= 15 is 0 Å². The Kier molecular flexibility index (Phi) is 3.92. The second kappa shape index (κ2) is 6.06. The first-order valence-electron chi connectivity index (χ1n) is 8.55. The molecule has 0 saturated carbocycles. The predicted molar refractivity (Wildman–Crippen MR) is 93.1 cm³/mol. The molecule has 23 heavy (non-hydrogen) atoms. The van der Waals surface area contributed by atoms with Gasteiger partial charge >= 0.3 is 0 Å². The van der Waals surface area contributed by atoms with Gasteiger partial charge < -0.3 is 4.74 Å². The van der Waals surface area contributed by atoms with Crippen molar-refractivity contribution in [3.8, 4) is 0 Å². The van der Waals surface area contributed by atoms with Crippen molar-refractivity contribution in [1.29, 1.82) is 0 Å². The fourth-order valence-corrected chi connectivity index (χ4v) is 4.63. The molecule has 2 bridgehead atoms. The van der Waals surface area contributed by atoms with Crippen LogP contribution in [-0.4, -0.2) is 35.8 Å². The van der Waals surface area contributed by atoms with Crippen LogP contribution in [0.15, 0.2) is 49.2 Å². The van der Waals surface area contributed by atoms with Crippen molar-refractivity contribution in [3.05, 3.63) is 54.7 Å². The molecule has 2 unspecified atom stereocenters. The van der Waals surface area contributed by atoms with Gasteiger partial charge in [0.25, 0.3) is 0 Å². The first-order valence-corrected chi connectivity index (χ1v) is 8.55. The van der Waals surface area contributed by atoms with Crippen LogP contribution < -0.4 is 0 Å². The molecule has 1 aromatic heterocycles. The summed E-state index contributed by atoms with van der Waals surface area (Å²) in [7, 11) is 1.83. The zero-order valence-electron chi connectivity index (χ0n) is 13.7. The number of nitrogens with zero attached hydrogens (tertiary/aromatic N) is 2. The number of benzene rings is 1. The minimum atomic E-state index is 0.193. The van der Waals surface area contributed by atoms with Crippen LogP contribution in [0.25, 0.3) is 10.9 Å². The maximum absolute atomic E-state index is 5.83. The van der Waals surface area contributed by atoms with E-state index in [0.29, 0.717) is 17.9 Å². The lowest BCUT2D eigenvalue weighted by Crippen LogP contribution is -2.60. The molecule has 0 aliphatic carbocycles. The van der Waals surface area contributed by atoms with Crippen LogP contribution in [-0.2, 0) is 11.2 Å². The Balaban J connectivity index is 1.63. The van der Waals surface area contributed by atoms with Crippen molar-refractivity contribution in [1.82, 2.24) is 9.88 Å². The summed E-state index contributed by atoms with van der Waals surface area (Å²) < 4.78 is 5.83. The maximum Gasteiger partial charge on any atom is 0.117 e. The van der Waals surface area contributed by atoms with Crippen molar-refractivity contribution in [3.63, 3.8) is 0 Å². The van der Waals surface area contributed by atoms with E-state index in [-0.39, 0.29) is 6.23 Å². The van der Waals surface area contributed by atoms with E-state index in [9.17, 15) is 0 Å². The molecule has 2 aromatic rings. The van der Waals surface area contributed by atoms with Crippen LogP contribution >= 0.6 is 0 Å². The monoisotopic (exact) mass is 308 g/mol. The summed E-state index contributed by atoms with van der Waals surface area (Å²) in [5.74, 6) is 1.18. The van der Waals surface area contributed by atoms with E-state index in [2.05, 4.69) is 52.9 Å². The Hall–Kier alpha value is -1.71. The Labute approximate surface area is 138 Å². The smallest absolute Gasteiger partial charge is 0.117 e. The molecular weight excluding hydrogens is 284 g/mol. The van der Waals surface area contributed by atoms with Gasteiger partial charge in [-0.1, -0.05) is 24.3 Å². The summed E-state index contributed by atoms with van der Waals surface area (Å²) in [4.78, 5) is 7.04. The van der Waals surface area contributed by atoms with E-state index in [1.165, 1.54) is 23.8 Å². The Morgan fingerprint density at radius 2 is 2.22 bits per heavy atom. The van der Waals surface area contributed by atoms with Gasteiger partial charge in [-0.15, -0.1) is 6.58 Å². The molecule has 4 heterocycles. The van der Waals surface area contributed by atoms with Gasteiger partial charge in [0.05, 0.1) is 5.52 Å². The van der Waals surface area contributed by atoms with E-state index in [4.69, 9.17) is 4.74 Å². The van der Waals surface area contributed by atoms with Crippen LogP contribution in [0.2, 0.25) is 0 Å². The average Bonchev–Trinajstić information content (AvgIpc) is 2.61. The standard InChI is InChI=1S/C20H24N2O/c1-3-17-15-9-11-22(20(17)23-2)16(13-15)12-14-8-10-21-19-7-5-4-6-18(14)19/h3-8,10,15-17,20H,1,9,11-13H2,2H3/t15-,16-,17+,20?/m0/s1. The summed E-state index contributed by atoms with van der Waals surface area (Å²) in [6, 6.07) is 11.2. The van der Waals surface area contributed by atoms with Crippen LogP contribution in [0.3, 0.4) is 0 Å². The molecule has 3 aliphatic heterocycles. The zero-order chi connectivity index (χ0) is 15.8. The highest BCUT2D eigenvalue weighted by Gasteiger charge is 2.45. The number of ether oxygens (including phenoxy) is 1. The largest absolute Gasteiger partial charge is 0.366 e. The SMILES string of the molecule is C=C[C@H]1C(OC)N2CC[C@H]1C[C@@H]2Cc1ccnc2ccccc12. The van der Waals surface area contributed by atoms with E-state index in [1.807, 2.05) is 13.3 Å². The van der Waals surface area contributed by atoms with Crippen molar-refractivity contribution in [2.45, 2.75) is 31.5 Å². The molecule has 3 heteroatoms. The molecule has 3 aliphatic rings. The molecule has 3 fully saturated rings. The lowest BCUT2D eigenvalue weighted by Gasteiger charge is -2.53. The number of para-hydroxylation sites is 1. The van der Waals surface area contributed by atoms with Gasteiger partial charge in [-0.25, -0.2) is 0 Å². The van der Waals surface area contributed by atoms with E-state index < -0.39 is 0 Å². The van der Waals surface area contributed by atoms with Crippen molar-refractivity contribution in [2.75, 3.05) is 13.7 Å². The summed E-state index contributed by atoms with van der Waals surface area (Å²) in [5, 5.41) is 1.28. The molecule has 5 atom stereocenters. The summed E-state index contributed by atoms with van der Waals surface area (Å²) in [6.45, 7) is 5.18. The fraction of sp³-hybridized carbons (Fsp3) is 0.450. The topological polar surface area (TPSA) is 25.4 Å². The summed E-state index contributed by atoms with van der Waals surface area (Å²) in [5.41, 5.74) is 2.49. The molecule has 120 valence electrons. The number of fused-ring (bicyclic) bond motifs is 4. The molecule has 3 saturated heterocycles. The Morgan fingerprint density at radius 1 is 1.35 bits per heavy atom. The lowest BCUT2D eigenvalue weighted by molar-refractivity contribution is -0.155. The average molecular weight is 308 g/mol. The quantitative estimate of drug-likeness (QED) is 0.806. The van der Waals surface area contributed by atoms with Gasteiger partial charge in [-0.05, 0) is 42.9 Å². The molecule has 0 radical (unpaired) electrons. The van der Waals surface area contributed by atoms with Gasteiger partial charge in [0.15, 0.2) is 0 Å². The predicted octanol–water partition coefficient (Wildman–Crippen LogP) is 3.65. The number of piperidine rings is 3. The number of rotatable bonds is 4. The van der Waals surface area contributed by atoms with Crippen LogP contribution in [0.4, 0.5) is 0 Å². The van der Waals surface area contributed by atoms with Crippen molar-refractivity contribution in [2.24, 2.45) is 11.8 Å². The molecular formula is C20H24N2O. The third kappa shape index (κ3) is 2.48. The van der Waals surface area contributed by atoms with Crippen molar-refractivity contribution < 1.29 is 4.74 Å². The van der Waals surface area contributed by atoms with Gasteiger partial charge in [0.2, 0.25) is 0 Å². The highest BCUT2D eigenvalue weighted by molar-refractivity contribution is 5.81. The summed E-state index contributed by atoms with van der Waals surface area (Å²) >= 11 is 0. The molecule has 0 amide bonds. The van der Waals surface area contributed by atoms with Gasteiger partial charge in [0.1, 0.15) is 6.23 Å². The van der Waals surface area contributed by atoms with Gasteiger partial charge in [-0.2, -0.15) is 0 Å². The number of hydrogen-bond acceptors (Lipinski definition) is 3. The molecule has 5 rings (SSSR count). The number of methoxy groups -OCH3 is 1. The molecule has 3 nitrogen and oxygen atoms in total. The third-order valence-corrected chi connectivity index (χ3v) is 5.71. The van der Waals surface area contributed by atoms with E-state index in [1.54, 1.807) is 0 Å². The highest BCUT2D eigenvalue weighted by Crippen LogP contribution is 2.42. The van der Waals surface area contributed by atoms with E-state index in [0.717, 1.165) is 18.5 Å². The number of hydrogen-bond donors (Lipinski definition) is 0. The molecule has 1 aromatic carbocycles. The first-order chi connectivity index (χ1) is 11.3. The normalized spacial score (nSPS) is 33.0. The van der Waals surface area contributed by atoms with Gasteiger partial charge in [-0.3, -0.25) is 9.88 Å². The fourth-order valence-electron chi connectivity index (χ4n) is 4.63. The highest BCUT2D eigenvalue weighted by atomic mass is 16.5. The Morgan fingerprint density at radius 3 is 3.04 bits per heavy atom. The van der Waals surface area contributed by atoms with Crippen LogP contribution in [0, 0.1) is 11.8 Å².